The second-order valence-corrected chi connectivity index (χ2v) is 5.39. The molecular formula is C14H20FN3. The van der Waals surface area contributed by atoms with Gasteiger partial charge in [-0.1, -0.05) is 6.07 Å². The summed E-state index contributed by atoms with van der Waals surface area (Å²) in [4.78, 5) is 4.89. The third-order valence-corrected chi connectivity index (χ3v) is 3.94. The Labute approximate surface area is 107 Å². The molecule has 0 radical (unpaired) electrons. The molecular weight excluding hydrogens is 229 g/mol. The monoisotopic (exact) mass is 249 g/mol. The number of hydrogen-bond acceptors (Lipinski definition) is 3. The Morgan fingerprint density at radius 2 is 1.89 bits per heavy atom. The zero-order chi connectivity index (χ0) is 12.5. The maximum Gasteiger partial charge on any atom is 0.129 e. The summed E-state index contributed by atoms with van der Waals surface area (Å²) in [5.41, 5.74) is 6.81. The molecule has 0 amide bonds. The summed E-state index contributed by atoms with van der Waals surface area (Å²) in [6.07, 6.45) is 2.74. The first-order chi connectivity index (χ1) is 8.72. The summed E-state index contributed by atoms with van der Waals surface area (Å²) in [5, 5.41) is 0. The van der Waals surface area contributed by atoms with Gasteiger partial charge in [0.05, 0.1) is 0 Å². The van der Waals surface area contributed by atoms with Gasteiger partial charge in [0.15, 0.2) is 0 Å². The van der Waals surface area contributed by atoms with Crippen LogP contribution in [0, 0.1) is 5.82 Å². The van der Waals surface area contributed by atoms with E-state index in [1.54, 1.807) is 12.1 Å². The van der Waals surface area contributed by atoms with Crippen LogP contribution in [0.1, 0.15) is 18.4 Å². The van der Waals surface area contributed by atoms with E-state index < -0.39 is 0 Å². The summed E-state index contributed by atoms with van der Waals surface area (Å²) in [6, 6.07) is 5.84. The molecule has 1 saturated heterocycles. The average molecular weight is 249 g/mol. The molecule has 1 aromatic carbocycles. The van der Waals surface area contributed by atoms with E-state index in [9.17, 15) is 4.39 Å². The van der Waals surface area contributed by atoms with E-state index in [1.165, 1.54) is 18.9 Å². The summed E-state index contributed by atoms with van der Waals surface area (Å²) >= 11 is 0. The van der Waals surface area contributed by atoms with Gasteiger partial charge in [-0.15, -0.1) is 0 Å². The van der Waals surface area contributed by atoms with Crippen LogP contribution < -0.4 is 5.73 Å². The minimum absolute atomic E-state index is 0.181. The van der Waals surface area contributed by atoms with Gasteiger partial charge in [0.1, 0.15) is 5.82 Å². The van der Waals surface area contributed by atoms with Crippen molar-refractivity contribution in [2.45, 2.75) is 25.4 Å². The molecule has 3 rings (SSSR count). The van der Waals surface area contributed by atoms with Crippen LogP contribution in [0.15, 0.2) is 18.2 Å². The third-order valence-electron chi connectivity index (χ3n) is 3.94. The van der Waals surface area contributed by atoms with Gasteiger partial charge in [-0.2, -0.15) is 0 Å². The normalized spacial score (nSPS) is 22.3. The number of rotatable bonds is 3. The lowest BCUT2D eigenvalue weighted by Gasteiger charge is -2.34. The van der Waals surface area contributed by atoms with Crippen LogP contribution in [0.4, 0.5) is 10.1 Å². The van der Waals surface area contributed by atoms with Gasteiger partial charge in [-0.3, -0.25) is 9.80 Å². The number of piperazine rings is 1. The fraction of sp³-hybridized carbons (Fsp3) is 0.571. The van der Waals surface area contributed by atoms with E-state index in [-0.39, 0.29) is 5.82 Å². The number of benzene rings is 1. The van der Waals surface area contributed by atoms with Crippen LogP contribution in [0.3, 0.4) is 0 Å². The molecule has 2 aliphatic rings. The van der Waals surface area contributed by atoms with Gasteiger partial charge >= 0.3 is 0 Å². The lowest BCUT2D eigenvalue weighted by atomic mass is 10.1. The van der Waals surface area contributed by atoms with Crippen LogP contribution >= 0.6 is 0 Å². The molecule has 0 bridgehead atoms. The van der Waals surface area contributed by atoms with Crippen molar-refractivity contribution >= 4 is 5.69 Å². The van der Waals surface area contributed by atoms with Gasteiger partial charge in [-0.05, 0) is 25.0 Å². The molecule has 3 nitrogen and oxygen atoms in total. The van der Waals surface area contributed by atoms with Gasteiger partial charge in [0.2, 0.25) is 0 Å². The predicted octanol–water partition coefficient (Wildman–Crippen LogP) is 1.69. The van der Waals surface area contributed by atoms with Gasteiger partial charge in [0.25, 0.3) is 0 Å². The Bertz CT molecular complexity index is 423. The van der Waals surface area contributed by atoms with E-state index in [0.29, 0.717) is 12.2 Å². The number of nitrogen functional groups attached to an aromatic ring is 1. The highest BCUT2D eigenvalue weighted by Crippen LogP contribution is 2.27. The van der Waals surface area contributed by atoms with E-state index >= 15 is 0 Å². The lowest BCUT2D eigenvalue weighted by molar-refractivity contribution is 0.120. The fourth-order valence-electron chi connectivity index (χ4n) is 2.66. The Kier molecular flexibility index (Phi) is 3.22. The topological polar surface area (TPSA) is 32.5 Å². The largest absolute Gasteiger partial charge is 0.399 e. The highest BCUT2D eigenvalue weighted by atomic mass is 19.1. The van der Waals surface area contributed by atoms with Crippen LogP contribution in [0.5, 0.6) is 0 Å². The SMILES string of the molecule is Nc1ccc(CN2CCN(C3CC3)CC2)c(F)c1. The minimum atomic E-state index is -0.181. The molecule has 18 heavy (non-hydrogen) atoms. The van der Waals surface area contributed by atoms with Crippen molar-refractivity contribution in [1.29, 1.82) is 0 Å². The van der Waals surface area contributed by atoms with Gasteiger partial charge < -0.3 is 5.73 Å². The maximum atomic E-state index is 13.7. The minimum Gasteiger partial charge on any atom is -0.399 e. The third kappa shape index (κ3) is 2.65. The van der Waals surface area contributed by atoms with E-state index in [2.05, 4.69) is 9.80 Å². The summed E-state index contributed by atoms with van der Waals surface area (Å²) < 4.78 is 13.7. The highest BCUT2D eigenvalue weighted by molar-refractivity contribution is 5.40. The summed E-state index contributed by atoms with van der Waals surface area (Å²) in [6.45, 7) is 5.04. The highest BCUT2D eigenvalue weighted by Gasteiger charge is 2.31. The van der Waals surface area contributed by atoms with Crippen molar-refractivity contribution in [3.63, 3.8) is 0 Å². The molecule has 4 heteroatoms. The van der Waals surface area contributed by atoms with Crippen LogP contribution in [0.2, 0.25) is 0 Å². The number of hydrogen-bond donors (Lipinski definition) is 1. The molecule has 98 valence electrons. The number of halogens is 1. The van der Waals surface area contributed by atoms with Crippen LogP contribution in [-0.2, 0) is 6.54 Å². The van der Waals surface area contributed by atoms with Crippen molar-refractivity contribution in [3.8, 4) is 0 Å². The summed E-state index contributed by atoms with van der Waals surface area (Å²) in [7, 11) is 0. The molecule has 2 N–H and O–H groups in total. The Balaban J connectivity index is 1.56. The molecule has 1 aromatic rings. The van der Waals surface area contributed by atoms with E-state index in [0.717, 1.165) is 37.8 Å². The molecule has 0 aromatic heterocycles. The Hall–Kier alpha value is -1.13. The zero-order valence-corrected chi connectivity index (χ0v) is 10.6. The summed E-state index contributed by atoms with van der Waals surface area (Å²) in [5.74, 6) is -0.181. The predicted molar refractivity (Wildman–Crippen MR) is 70.7 cm³/mol. The first kappa shape index (κ1) is 11.9. The van der Waals surface area contributed by atoms with Crippen molar-refractivity contribution in [2.75, 3.05) is 31.9 Å². The Morgan fingerprint density at radius 1 is 1.17 bits per heavy atom. The van der Waals surface area contributed by atoms with Crippen molar-refractivity contribution < 1.29 is 4.39 Å². The van der Waals surface area contributed by atoms with E-state index in [4.69, 9.17) is 5.73 Å². The van der Waals surface area contributed by atoms with Crippen LogP contribution in [0.25, 0.3) is 0 Å². The van der Waals surface area contributed by atoms with Crippen LogP contribution in [-0.4, -0.2) is 42.0 Å². The molecule has 1 aliphatic carbocycles. The molecule has 2 fully saturated rings. The molecule has 0 atom stereocenters. The Morgan fingerprint density at radius 3 is 2.50 bits per heavy atom. The molecule has 1 heterocycles. The lowest BCUT2D eigenvalue weighted by Crippen LogP contribution is -2.46. The quantitative estimate of drug-likeness (QED) is 0.827. The fourth-order valence-corrected chi connectivity index (χ4v) is 2.66. The average Bonchev–Trinajstić information content (AvgIpc) is 3.18. The molecule has 1 aliphatic heterocycles. The van der Waals surface area contributed by atoms with Crippen molar-refractivity contribution in [2.24, 2.45) is 0 Å². The second-order valence-electron chi connectivity index (χ2n) is 5.39. The van der Waals surface area contributed by atoms with Crippen molar-refractivity contribution in [3.05, 3.63) is 29.6 Å². The zero-order valence-electron chi connectivity index (χ0n) is 10.6. The standard InChI is InChI=1S/C14H20FN3/c15-14-9-12(16)2-1-11(14)10-17-5-7-18(8-6-17)13-3-4-13/h1-2,9,13H,3-8,10,16H2. The maximum absolute atomic E-state index is 13.7. The molecule has 0 unspecified atom stereocenters. The van der Waals surface area contributed by atoms with Crippen molar-refractivity contribution in [1.82, 2.24) is 9.80 Å². The van der Waals surface area contributed by atoms with E-state index in [1.807, 2.05) is 0 Å². The molecule has 1 saturated carbocycles. The smallest absolute Gasteiger partial charge is 0.129 e. The van der Waals surface area contributed by atoms with Gasteiger partial charge in [0, 0.05) is 50.0 Å². The number of anilines is 1. The number of nitrogens with two attached hydrogens (primary N) is 1. The van der Waals surface area contributed by atoms with Gasteiger partial charge in [-0.25, -0.2) is 4.39 Å². The number of nitrogens with zero attached hydrogens (tertiary/aromatic N) is 2. The molecule has 0 spiro atoms. The first-order valence-electron chi connectivity index (χ1n) is 6.73. The first-order valence-corrected chi connectivity index (χ1v) is 6.73. The second kappa shape index (κ2) is 4.86.